The summed E-state index contributed by atoms with van der Waals surface area (Å²) in [5, 5.41) is 25.8. The van der Waals surface area contributed by atoms with Crippen molar-refractivity contribution in [2.24, 2.45) is 0 Å². The van der Waals surface area contributed by atoms with E-state index in [1.54, 1.807) is 6.07 Å². The van der Waals surface area contributed by atoms with E-state index in [4.69, 9.17) is 4.74 Å². The lowest BCUT2D eigenvalue weighted by Crippen LogP contribution is -2.01. The molecule has 2 aromatic rings. The number of carbonyl (C=O) groups is 1. The lowest BCUT2D eigenvalue weighted by Gasteiger charge is -2.06. The van der Waals surface area contributed by atoms with Gasteiger partial charge < -0.3 is 15.4 Å². The number of nitro benzene ring substituents is 1. The Morgan fingerprint density at radius 2 is 2.15 bits per heavy atom. The molecule has 1 aromatic heterocycles. The summed E-state index contributed by atoms with van der Waals surface area (Å²) >= 11 is 0. The van der Waals surface area contributed by atoms with Crippen molar-refractivity contribution >= 4 is 29.4 Å². The molecule has 0 saturated heterocycles. The highest BCUT2D eigenvalue weighted by molar-refractivity contribution is 5.80. The number of aromatic amines is 1. The quantitative estimate of drug-likeness (QED) is 0.408. The number of hydrogen-bond acceptors (Lipinski definition) is 7. The van der Waals surface area contributed by atoms with Crippen LogP contribution in [0.4, 0.5) is 23.0 Å². The Hall–Kier alpha value is -3.17. The van der Waals surface area contributed by atoms with Crippen LogP contribution in [0.15, 0.2) is 18.2 Å². The molecule has 104 valence electrons. The van der Waals surface area contributed by atoms with E-state index in [2.05, 4.69) is 26.0 Å². The average molecular weight is 278 g/mol. The number of nitrogens with one attached hydrogen (secondary N) is 3. The number of rotatable bonds is 6. The minimum atomic E-state index is -0.558. The molecule has 0 aliphatic heterocycles. The van der Waals surface area contributed by atoms with Gasteiger partial charge in [0.1, 0.15) is 11.4 Å². The molecule has 0 aliphatic rings. The zero-order chi connectivity index (χ0) is 14.5. The maximum absolute atomic E-state index is 11.0. The van der Waals surface area contributed by atoms with Gasteiger partial charge in [0, 0.05) is 0 Å². The summed E-state index contributed by atoms with van der Waals surface area (Å²) in [5.74, 6) is 0.643. The second-order valence-electron chi connectivity index (χ2n) is 3.55. The maximum Gasteiger partial charge on any atom is 0.296 e. The van der Waals surface area contributed by atoms with Crippen LogP contribution in [0.3, 0.4) is 0 Å². The number of nitrogens with zero attached hydrogens (tertiary/aromatic N) is 3. The van der Waals surface area contributed by atoms with Gasteiger partial charge in [-0.2, -0.15) is 5.21 Å². The molecule has 0 spiro atoms. The molecule has 1 aromatic carbocycles. The van der Waals surface area contributed by atoms with Gasteiger partial charge in [0.05, 0.1) is 18.1 Å². The molecular formula is C10H10N6O4. The number of nitro groups is 1. The molecule has 10 nitrogen and oxygen atoms in total. The minimum Gasteiger partial charge on any atom is -0.496 e. The van der Waals surface area contributed by atoms with Crippen molar-refractivity contribution in [2.75, 3.05) is 17.7 Å². The Morgan fingerprint density at radius 3 is 2.80 bits per heavy atom. The zero-order valence-corrected chi connectivity index (χ0v) is 10.3. The van der Waals surface area contributed by atoms with Crippen molar-refractivity contribution in [2.45, 2.75) is 0 Å². The van der Waals surface area contributed by atoms with Crippen LogP contribution < -0.4 is 15.4 Å². The third-order valence-corrected chi connectivity index (χ3v) is 2.40. The van der Waals surface area contributed by atoms with E-state index in [1.807, 2.05) is 0 Å². The van der Waals surface area contributed by atoms with Crippen LogP contribution in [-0.4, -0.2) is 33.9 Å². The Kier molecular flexibility index (Phi) is 3.75. The van der Waals surface area contributed by atoms with Crippen molar-refractivity contribution in [3.05, 3.63) is 28.3 Å². The van der Waals surface area contributed by atoms with Gasteiger partial charge in [-0.15, -0.1) is 10.2 Å². The van der Waals surface area contributed by atoms with Crippen molar-refractivity contribution in [3.63, 3.8) is 0 Å². The third-order valence-electron chi connectivity index (χ3n) is 2.40. The van der Waals surface area contributed by atoms with Crippen molar-refractivity contribution in [3.8, 4) is 5.75 Å². The van der Waals surface area contributed by atoms with Crippen molar-refractivity contribution in [1.29, 1.82) is 0 Å². The van der Waals surface area contributed by atoms with E-state index < -0.39 is 4.92 Å². The molecule has 0 radical (unpaired) electrons. The Labute approximate surface area is 112 Å². The number of anilines is 3. The van der Waals surface area contributed by atoms with Crippen LogP contribution in [0.25, 0.3) is 0 Å². The summed E-state index contributed by atoms with van der Waals surface area (Å²) in [4.78, 5) is 20.9. The van der Waals surface area contributed by atoms with Gasteiger partial charge in [-0.3, -0.25) is 14.9 Å². The first-order valence-corrected chi connectivity index (χ1v) is 5.36. The molecule has 20 heavy (non-hydrogen) atoms. The number of H-pyrrole nitrogens is 1. The smallest absolute Gasteiger partial charge is 0.296 e. The van der Waals surface area contributed by atoms with E-state index in [0.29, 0.717) is 12.2 Å². The second kappa shape index (κ2) is 5.65. The summed E-state index contributed by atoms with van der Waals surface area (Å²) in [6.07, 6.45) is 0.422. The Morgan fingerprint density at radius 1 is 1.40 bits per heavy atom. The van der Waals surface area contributed by atoms with Crippen LogP contribution in [0, 0.1) is 10.1 Å². The summed E-state index contributed by atoms with van der Waals surface area (Å²) in [5.41, 5.74) is 0.00283. The monoisotopic (exact) mass is 278 g/mol. The fourth-order valence-corrected chi connectivity index (χ4v) is 1.50. The molecule has 0 fully saturated rings. The van der Waals surface area contributed by atoms with Gasteiger partial charge in [-0.05, 0) is 12.1 Å². The Bertz CT molecular complexity index is 640. The van der Waals surface area contributed by atoms with Gasteiger partial charge in [0.2, 0.25) is 6.41 Å². The van der Waals surface area contributed by atoms with E-state index in [1.165, 1.54) is 19.2 Å². The average Bonchev–Trinajstić information content (AvgIpc) is 2.87. The lowest BCUT2D eigenvalue weighted by molar-refractivity contribution is -0.384. The SMILES string of the molecule is COc1ccc(Nc2n[nH]nc2NC=O)c([N+](=O)[O-])c1. The minimum absolute atomic E-state index is 0.130. The van der Waals surface area contributed by atoms with E-state index in [0.717, 1.165) is 0 Å². The van der Waals surface area contributed by atoms with Crippen LogP contribution in [-0.2, 0) is 4.79 Å². The van der Waals surface area contributed by atoms with Crippen molar-refractivity contribution in [1.82, 2.24) is 15.4 Å². The fourth-order valence-electron chi connectivity index (χ4n) is 1.50. The molecule has 10 heteroatoms. The summed E-state index contributed by atoms with van der Waals surface area (Å²) in [6.45, 7) is 0. The van der Waals surface area contributed by atoms with Crippen molar-refractivity contribution < 1.29 is 14.5 Å². The second-order valence-corrected chi connectivity index (χ2v) is 3.55. The zero-order valence-electron chi connectivity index (χ0n) is 10.3. The first kappa shape index (κ1) is 13.3. The molecule has 0 saturated carbocycles. The third kappa shape index (κ3) is 2.63. The van der Waals surface area contributed by atoms with Gasteiger partial charge >= 0.3 is 0 Å². The molecule has 0 unspecified atom stereocenters. The standard InChI is InChI=1S/C10H10N6O4/c1-20-6-2-3-7(8(4-6)16(18)19)12-10-9(11-5-17)13-15-14-10/h2-5H,1H3,(H3,11,12,13,14,15,17). The van der Waals surface area contributed by atoms with Gasteiger partial charge in [-0.25, -0.2) is 0 Å². The van der Waals surface area contributed by atoms with Gasteiger partial charge in [0.15, 0.2) is 11.6 Å². The van der Waals surface area contributed by atoms with Crippen LogP contribution in [0.5, 0.6) is 5.75 Å². The summed E-state index contributed by atoms with van der Waals surface area (Å²) in [7, 11) is 1.41. The molecular weight excluding hydrogens is 268 g/mol. The van der Waals surface area contributed by atoms with Gasteiger partial charge in [0.25, 0.3) is 5.69 Å². The van der Waals surface area contributed by atoms with Gasteiger partial charge in [-0.1, -0.05) is 0 Å². The van der Waals surface area contributed by atoms with Crippen LogP contribution in [0.1, 0.15) is 0 Å². The highest BCUT2D eigenvalue weighted by Gasteiger charge is 2.17. The Balaban J connectivity index is 2.35. The first-order valence-electron chi connectivity index (χ1n) is 5.36. The highest BCUT2D eigenvalue weighted by Crippen LogP contribution is 2.32. The van der Waals surface area contributed by atoms with Crippen LogP contribution >= 0.6 is 0 Å². The summed E-state index contributed by atoms with van der Waals surface area (Å²) < 4.78 is 4.93. The van der Waals surface area contributed by atoms with Crippen LogP contribution in [0.2, 0.25) is 0 Å². The van der Waals surface area contributed by atoms with E-state index in [-0.39, 0.29) is 23.0 Å². The molecule has 2 rings (SSSR count). The highest BCUT2D eigenvalue weighted by atomic mass is 16.6. The molecule has 0 bridgehead atoms. The summed E-state index contributed by atoms with van der Waals surface area (Å²) in [6, 6.07) is 4.30. The first-order chi connectivity index (χ1) is 9.65. The molecule has 0 atom stereocenters. The number of methoxy groups -OCH3 is 1. The topological polar surface area (TPSA) is 135 Å². The number of amides is 1. The fraction of sp³-hybridized carbons (Fsp3) is 0.100. The maximum atomic E-state index is 11.0. The molecule has 3 N–H and O–H groups in total. The molecule has 0 aliphatic carbocycles. The van der Waals surface area contributed by atoms with E-state index >= 15 is 0 Å². The number of hydrogen-bond donors (Lipinski definition) is 3. The predicted octanol–water partition coefficient (Wildman–Crippen LogP) is 1.03. The normalized spacial score (nSPS) is 9.85. The number of aromatic nitrogens is 3. The number of benzene rings is 1. The van der Waals surface area contributed by atoms with E-state index in [9.17, 15) is 14.9 Å². The number of carbonyl (C=O) groups excluding carboxylic acids is 1. The largest absolute Gasteiger partial charge is 0.496 e. The molecule has 1 heterocycles. The lowest BCUT2D eigenvalue weighted by atomic mass is 10.2. The predicted molar refractivity (Wildman–Crippen MR) is 69.0 cm³/mol. The number of ether oxygens (including phenoxy) is 1. The molecule has 1 amide bonds.